The highest BCUT2D eigenvalue weighted by molar-refractivity contribution is 7.80. The molecule has 8 nitrogen and oxygen atoms in total. The number of imidazole rings is 1. The SMILES string of the molecule is COc1ccc(Nc2nc(S)nc3c2ncn3C2CCCCO2)cc1O. The second-order valence-electron chi connectivity index (χ2n) is 6.03. The molecule has 0 radical (unpaired) electrons. The van der Waals surface area contributed by atoms with Crippen LogP contribution in [0.15, 0.2) is 29.7 Å². The van der Waals surface area contributed by atoms with Crippen LogP contribution in [-0.4, -0.2) is 38.3 Å². The average Bonchev–Trinajstić information content (AvgIpc) is 3.06. The van der Waals surface area contributed by atoms with Crippen molar-refractivity contribution in [2.45, 2.75) is 30.6 Å². The summed E-state index contributed by atoms with van der Waals surface area (Å²) in [6.07, 6.45) is 4.75. The summed E-state index contributed by atoms with van der Waals surface area (Å²) in [5.74, 6) is 0.950. The van der Waals surface area contributed by atoms with Crippen molar-refractivity contribution >= 4 is 35.3 Å². The number of aromatic nitrogens is 4. The number of phenols is 1. The zero-order chi connectivity index (χ0) is 18.1. The van der Waals surface area contributed by atoms with Crippen LogP contribution in [0.3, 0.4) is 0 Å². The zero-order valence-electron chi connectivity index (χ0n) is 14.2. The van der Waals surface area contributed by atoms with Crippen molar-refractivity contribution < 1.29 is 14.6 Å². The molecule has 2 aromatic heterocycles. The normalized spacial score (nSPS) is 17.4. The van der Waals surface area contributed by atoms with Crippen LogP contribution in [0.5, 0.6) is 11.5 Å². The molecule has 1 aliphatic rings. The number of rotatable bonds is 4. The molecule has 1 aromatic carbocycles. The standard InChI is InChI=1S/C17H19N5O3S/c1-24-12-6-5-10(8-11(12)23)19-15-14-16(21-17(26)20-15)22(9-18-14)13-4-2-3-7-25-13/h5-6,8-9,13,23H,2-4,7H2,1H3,(H2,19,20,21,26). The van der Waals surface area contributed by atoms with Gasteiger partial charge in [0.05, 0.1) is 13.4 Å². The molecule has 2 N–H and O–H groups in total. The van der Waals surface area contributed by atoms with Crippen molar-refractivity contribution in [3.05, 3.63) is 24.5 Å². The Hall–Kier alpha value is -2.52. The molecule has 0 spiro atoms. The molecule has 3 heterocycles. The minimum atomic E-state index is -0.0748. The number of phenolic OH excluding ortho intramolecular Hbond substituents is 1. The lowest BCUT2D eigenvalue weighted by Crippen LogP contribution is -2.17. The molecule has 26 heavy (non-hydrogen) atoms. The average molecular weight is 373 g/mol. The Balaban J connectivity index is 1.71. The fourth-order valence-corrected chi connectivity index (χ4v) is 3.25. The molecular formula is C17H19N5O3S. The number of nitrogens with zero attached hydrogens (tertiary/aromatic N) is 4. The Labute approximate surface area is 155 Å². The molecule has 3 aromatic rings. The predicted octanol–water partition coefficient (Wildman–Crippen LogP) is 3.27. The molecule has 136 valence electrons. The predicted molar refractivity (Wildman–Crippen MR) is 99.4 cm³/mol. The lowest BCUT2D eigenvalue weighted by molar-refractivity contribution is -0.0298. The van der Waals surface area contributed by atoms with Crippen LogP contribution in [0.1, 0.15) is 25.5 Å². The number of anilines is 2. The topological polar surface area (TPSA) is 94.3 Å². The largest absolute Gasteiger partial charge is 0.504 e. The molecule has 1 fully saturated rings. The number of benzene rings is 1. The van der Waals surface area contributed by atoms with Gasteiger partial charge in [0.25, 0.3) is 0 Å². The van der Waals surface area contributed by atoms with Crippen molar-refractivity contribution in [1.82, 2.24) is 19.5 Å². The van der Waals surface area contributed by atoms with Gasteiger partial charge < -0.3 is 19.9 Å². The first kappa shape index (κ1) is 16.9. The minimum absolute atomic E-state index is 0.0371. The molecular weight excluding hydrogens is 354 g/mol. The second-order valence-corrected chi connectivity index (χ2v) is 6.43. The molecule has 0 amide bonds. The Bertz CT molecular complexity index is 940. The monoisotopic (exact) mass is 373 g/mol. The molecule has 1 atom stereocenters. The first-order valence-corrected chi connectivity index (χ1v) is 8.79. The van der Waals surface area contributed by atoms with E-state index < -0.39 is 0 Å². The highest BCUT2D eigenvalue weighted by atomic mass is 32.1. The maximum Gasteiger partial charge on any atom is 0.188 e. The van der Waals surface area contributed by atoms with Crippen LogP contribution in [0.4, 0.5) is 11.5 Å². The third kappa shape index (κ3) is 3.15. The molecule has 1 saturated heterocycles. The van der Waals surface area contributed by atoms with Crippen LogP contribution in [0, 0.1) is 0 Å². The summed E-state index contributed by atoms with van der Waals surface area (Å²) in [5.41, 5.74) is 1.93. The van der Waals surface area contributed by atoms with E-state index in [1.807, 2.05) is 4.57 Å². The summed E-state index contributed by atoms with van der Waals surface area (Å²) in [6, 6.07) is 5.02. The van der Waals surface area contributed by atoms with E-state index in [-0.39, 0.29) is 12.0 Å². The fraction of sp³-hybridized carbons (Fsp3) is 0.353. The molecule has 0 aliphatic carbocycles. The molecule has 0 bridgehead atoms. The minimum Gasteiger partial charge on any atom is -0.504 e. The van der Waals surface area contributed by atoms with Crippen LogP contribution < -0.4 is 10.1 Å². The van der Waals surface area contributed by atoms with Gasteiger partial charge in [0.2, 0.25) is 0 Å². The Morgan fingerprint density at radius 1 is 1.35 bits per heavy atom. The maximum atomic E-state index is 9.96. The number of methoxy groups -OCH3 is 1. The Kier molecular flexibility index (Phi) is 4.56. The number of hydrogen-bond donors (Lipinski definition) is 3. The van der Waals surface area contributed by atoms with Crippen LogP contribution in [0.2, 0.25) is 0 Å². The van der Waals surface area contributed by atoms with Crippen molar-refractivity contribution in [3.63, 3.8) is 0 Å². The lowest BCUT2D eigenvalue weighted by atomic mass is 10.2. The molecule has 9 heteroatoms. The highest BCUT2D eigenvalue weighted by Gasteiger charge is 2.21. The van der Waals surface area contributed by atoms with Gasteiger partial charge in [-0.2, -0.15) is 0 Å². The summed E-state index contributed by atoms with van der Waals surface area (Å²) < 4.78 is 12.8. The van der Waals surface area contributed by atoms with E-state index >= 15 is 0 Å². The summed E-state index contributed by atoms with van der Waals surface area (Å²) in [5, 5.41) is 13.5. The van der Waals surface area contributed by atoms with Crippen molar-refractivity contribution in [3.8, 4) is 11.5 Å². The Morgan fingerprint density at radius 2 is 2.23 bits per heavy atom. The van der Waals surface area contributed by atoms with Gasteiger partial charge in [0, 0.05) is 18.4 Å². The first-order chi connectivity index (χ1) is 12.7. The van der Waals surface area contributed by atoms with Gasteiger partial charge in [-0.25, -0.2) is 15.0 Å². The third-order valence-electron chi connectivity index (χ3n) is 4.32. The van der Waals surface area contributed by atoms with E-state index in [0.29, 0.717) is 33.6 Å². The van der Waals surface area contributed by atoms with E-state index in [0.717, 1.165) is 25.9 Å². The fourth-order valence-electron chi connectivity index (χ4n) is 3.05. The summed E-state index contributed by atoms with van der Waals surface area (Å²) in [7, 11) is 1.50. The summed E-state index contributed by atoms with van der Waals surface area (Å²) in [4.78, 5) is 13.2. The zero-order valence-corrected chi connectivity index (χ0v) is 15.1. The Morgan fingerprint density at radius 3 is 2.96 bits per heavy atom. The maximum absolute atomic E-state index is 9.96. The van der Waals surface area contributed by atoms with E-state index in [1.165, 1.54) is 7.11 Å². The highest BCUT2D eigenvalue weighted by Crippen LogP contribution is 2.32. The van der Waals surface area contributed by atoms with Gasteiger partial charge in [0.15, 0.2) is 33.6 Å². The molecule has 1 aliphatic heterocycles. The summed E-state index contributed by atoms with van der Waals surface area (Å²) >= 11 is 4.32. The number of hydrogen-bond acceptors (Lipinski definition) is 8. The molecule has 4 rings (SSSR count). The van der Waals surface area contributed by atoms with E-state index in [4.69, 9.17) is 9.47 Å². The first-order valence-electron chi connectivity index (χ1n) is 8.35. The quantitative estimate of drug-likeness (QED) is 0.477. The van der Waals surface area contributed by atoms with E-state index in [2.05, 4.69) is 32.9 Å². The number of nitrogens with one attached hydrogen (secondary N) is 1. The molecule has 0 saturated carbocycles. The van der Waals surface area contributed by atoms with Gasteiger partial charge in [-0.1, -0.05) is 0 Å². The number of aromatic hydroxyl groups is 1. The van der Waals surface area contributed by atoms with Gasteiger partial charge >= 0.3 is 0 Å². The number of ether oxygens (including phenoxy) is 2. The smallest absolute Gasteiger partial charge is 0.188 e. The second kappa shape index (κ2) is 7.00. The third-order valence-corrected chi connectivity index (χ3v) is 4.52. The van der Waals surface area contributed by atoms with Crippen LogP contribution >= 0.6 is 12.6 Å². The van der Waals surface area contributed by atoms with Gasteiger partial charge in [0.1, 0.15) is 6.23 Å². The van der Waals surface area contributed by atoms with E-state index in [1.54, 1.807) is 24.5 Å². The van der Waals surface area contributed by atoms with Crippen LogP contribution in [-0.2, 0) is 4.74 Å². The van der Waals surface area contributed by atoms with Crippen molar-refractivity contribution in [2.75, 3.05) is 19.0 Å². The summed E-state index contributed by atoms with van der Waals surface area (Å²) in [6.45, 7) is 0.736. The van der Waals surface area contributed by atoms with E-state index in [9.17, 15) is 5.11 Å². The van der Waals surface area contributed by atoms with Crippen molar-refractivity contribution in [1.29, 1.82) is 0 Å². The van der Waals surface area contributed by atoms with Gasteiger partial charge in [-0.3, -0.25) is 4.57 Å². The lowest BCUT2D eigenvalue weighted by Gasteiger charge is -2.23. The van der Waals surface area contributed by atoms with Gasteiger partial charge in [-0.05, 0) is 31.4 Å². The van der Waals surface area contributed by atoms with Crippen LogP contribution in [0.25, 0.3) is 11.2 Å². The van der Waals surface area contributed by atoms with Crippen molar-refractivity contribution in [2.24, 2.45) is 0 Å². The van der Waals surface area contributed by atoms with Gasteiger partial charge in [-0.15, -0.1) is 12.6 Å². The number of fused-ring (bicyclic) bond motifs is 1. The number of thiol groups is 1. The molecule has 1 unspecified atom stereocenters.